The highest BCUT2D eigenvalue weighted by Crippen LogP contribution is 2.54. The van der Waals surface area contributed by atoms with E-state index in [1.807, 2.05) is 13.0 Å². The normalized spacial score (nSPS) is 22.0. The van der Waals surface area contributed by atoms with E-state index < -0.39 is 0 Å². The number of carbonyl (C=O) groups excluding carboxylic acids is 1. The van der Waals surface area contributed by atoms with Crippen molar-refractivity contribution in [1.29, 1.82) is 0 Å². The van der Waals surface area contributed by atoms with Crippen LogP contribution in [0.25, 0.3) is 17.3 Å². The summed E-state index contributed by atoms with van der Waals surface area (Å²) in [6.07, 6.45) is 6.80. The summed E-state index contributed by atoms with van der Waals surface area (Å²) in [5.41, 5.74) is 12.1. The number of nitrogens with one attached hydrogen (secondary N) is 1. The van der Waals surface area contributed by atoms with Gasteiger partial charge in [0.2, 0.25) is 5.88 Å². The quantitative estimate of drug-likeness (QED) is 0.127. The molecular weight excluding hydrogens is 638 g/mol. The minimum absolute atomic E-state index is 0.0303. The smallest absolute Gasteiger partial charge is 0.271 e. The molecule has 3 aliphatic rings. The zero-order valence-electron chi connectivity index (χ0n) is 29.1. The molecular formula is C36H45N9O5. The van der Waals surface area contributed by atoms with Gasteiger partial charge in [0.25, 0.3) is 5.91 Å². The Labute approximate surface area is 291 Å². The van der Waals surface area contributed by atoms with Gasteiger partial charge in [0.15, 0.2) is 28.8 Å². The third-order valence-corrected chi connectivity index (χ3v) is 10.6. The number of aromatic nitrogens is 5. The number of rotatable bonds is 12. The number of likely N-dealkylation sites (N-methyl/N-ethyl adjacent to an activating group) is 1. The number of hydrogen-bond donors (Lipinski definition) is 2. The summed E-state index contributed by atoms with van der Waals surface area (Å²) in [7, 11) is 5.39. The lowest BCUT2D eigenvalue weighted by Crippen LogP contribution is -2.44. The number of hydrogen-bond acceptors (Lipinski definition) is 12. The number of anilines is 1. The third kappa shape index (κ3) is 5.94. The molecule has 4 atom stereocenters. The molecule has 0 radical (unpaired) electrons. The van der Waals surface area contributed by atoms with Gasteiger partial charge in [-0.15, -0.1) is 0 Å². The molecule has 0 saturated carbocycles. The van der Waals surface area contributed by atoms with Gasteiger partial charge in [0.05, 0.1) is 30.7 Å². The van der Waals surface area contributed by atoms with E-state index in [0.717, 1.165) is 62.0 Å². The summed E-state index contributed by atoms with van der Waals surface area (Å²) in [4.78, 5) is 29.1. The summed E-state index contributed by atoms with van der Waals surface area (Å²) in [6.45, 7) is 7.90. The first kappa shape index (κ1) is 33.8. The molecule has 1 spiro atoms. The Morgan fingerprint density at radius 2 is 2.10 bits per heavy atom. The van der Waals surface area contributed by atoms with Gasteiger partial charge in [-0.05, 0) is 82.5 Å². The predicted octanol–water partition coefficient (Wildman–Crippen LogP) is 3.53. The van der Waals surface area contributed by atoms with E-state index in [4.69, 9.17) is 34.4 Å². The Hall–Kier alpha value is -4.66. The number of likely N-dealkylation sites (tertiary alicyclic amines) is 1. The first-order valence-electron chi connectivity index (χ1n) is 17.2. The standard InChI is InChI=1S/C36H45N9O5/c1-21(32-27(48-5)12-16-44(32)3)49-29-19-28(45-17-11-26(42-45)35(46)39-15-18-47-4)40-34(41-29)31-23-7-6-13-36(33(23)50-43-31)14-10-22-8-9-25(37)24(20-38-2)30(22)36/h8-9,11,17,19,21,27,32H,2,6-7,10,12-16,18,20,37H2,1,3-5H3,(H,39,46). The van der Waals surface area contributed by atoms with E-state index in [-0.39, 0.29) is 35.3 Å². The molecule has 4 aromatic rings. The molecule has 264 valence electrons. The van der Waals surface area contributed by atoms with Crippen LogP contribution in [0.3, 0.4) is 0 Å². The van der Waals surface area contributed by atoms with Crippen LogP contribution < -0.4 is 15.8 Å². The van der Waals surface area contributed by atoms with Gasteiger partial charge in [0.1, 0.15) is 6.10 Å². The van der Waals surface area contributed by atoms with E-state index >= 15 is 0 Å². The zero-order chi connectivity index (χ0) is 35.0. The second-order valence-electron chi connectivity index (χ2n) is 13.5. The van der Waals surface area contributed by atoms with Crippen molar-refractivity contribution in [3.8, 4) is 23.2 Å². The van der Waals surface area contributed by atoms with Crippen LogP contribution in [0, 0.1) is 0 Å². The molecule has 1 aliphatic heterocycles. The van der Waals surface area contributed by atoms with Crippen LogP contribution in [-0.2, 0) is 34.3 Å². The highest BCUT2D eigenvalue weighted by Gasteiger charge is 2.49. The number of benzene rings is 1. The number of aryl methyl sites for hydroxylation is 1. The number of nitrogens with zero attached hydrogens (tertiary/aromatic N) is 7. The maximum Gasteiger partial charge on any atom is 0.271 e. The Morgan fingerprint density at radius 1 is 1.24 bits per heavy atom. The second kappa shape index (κ2) is 13.9. The highest BCUT2D eigenvalue weighted by molar-refractivity contribution is 5.92. The monoisotopic (exact) mass is 683 g/mol. The van der Waals surface area contributed by atoms with Crippen molar-refractivity contribution < 1.29 is 23.5 Å². The Balaban J connectivity index is 1.29. The molecule has 1 amide bonds. The van der Waals surface area contributed by atoms with Crippen LogP contribution in [0.15, 0.2) is 40.0 Å². The van der Waals surface area contributed by atoms with Crippen molar-refractivity contribution >= 4 is 18.3 Å². The number of methoxy groups -OCH3 is 2. The maximum atomic E-state index is 12.8. The van der Waals surface area contributed by atoms with Gasteiger partial charge in [-0.2, -0.15) is 10.1 Å². The number of fused-ring (bicyclic) bond motifs is 4. The fraction of sp³-hybridized carbons (Fsp3) is 0.500. The van der Waals surface area contributed by atoms with Crippen molar-refractivity contribution in [2.45, 2.75) is 75.7 Å². The average Bonchev–Trinajstić information content (AvgIpc) is 3.92. The summed E-state index contributed by atoms with van der Waals surface area (Å²) >= 11 is 0. The first-order chi connectivity index (χ1) is 24.3. The lowest BCUT2D eigenvalue weighted by Gasteiger charge is -2.34. The van der Waals surface area contributed by atoms with E-state index in [2.05, 4.69) is 45.3 Å². The summed E-state index contributed by atoms with van der Waals surface area (Å²) < 4.78 is 25.3. The minimum Gasteiger partial charge on any atom is -0.473 e. The summed E-state index contributed by atoms with van der Waals surface area (Å²) in [6, 6.07) is 7.50. The van der Waals surface area contributed by atoms with E-state index in [9.17, 15) is 4.79 Å². The summed E-state index contributed by atoms with van der Waals surface area (Å²) in [5, 5.41) is 12.0. The molecule has 1 saturated heterocycles. The second-order valence-corrected chi connectivity index (χ2v) is 13.5. The van der Waals surface area contributed by atoms with E-state index in [0.29, 0.717) is 48.6 Å². The van der Waals surface area contributed by atoms with E-state index in [1.165, 1.54) is 11.1 Å². The fourth-order valence-corrected chi connectivity index (χ4v) is 8.26. The Morgan fingerprint density at radius 3 is 2.90 bits per heavy atom. The average molecular weight is 684 g/mol. The van der Waals surface area contributed by atoms with Gasteiger partial charge in [0, 0.05) is 56.4 Å². The van der Waals surface area contributed by atoms with Crippen molar-refractivity contribution in [3.63, 3.8) is 0 Å². The molecule has 14 nitrogen and oxygen atoms in total. The molecule has 7 rings (SSSR count). The van der Waals surface area contributed by atoms with Crippen LogP contribution in [0.1, 0.15) is 71.1 Å². The van der Waals surface area contributed by atoms with Crippen molar-refractivity contribution in [1.82, 2.24) is 35.1 Å². The lowest BCUT2D eigenvalue weighted by atomic mass is 9.68. The highest BCUT2D eigenvalue weighted by atomic mass is 16.5. The number of amides is 1. The van der Waals surface area contributed by atoms with E-state index in [1.54, 1.807) is 37.2 Å². The van der Waals surface area contributed by atoms with Crippen LogP contribution in [0.2, 0.25) is 0 Å². The molecule has 3 N–H and O–H groups in total. The molecule has 50 heavy (non-hydrogen) atoms. The largest absolute Gasteiger partial charge is 0.473 e. The number of nitrogen functional groups attached to an aromatic ring is 1. The maximum absolute atomic E-state index is 12.8. The van der Waals surface area contributed by atoms with Gasteiger partial charge < -0.3 is 29.8 Å². The molecule has 4 unspecified atom stereocenters. The van der Waals surface area contributed by atoms with Gasteiger partial charge in [-0.25, -0.2) is 9.67 Å². The molecule has 2 aliphatic carbocycles. The molecule has 4 heterocycles. The predicted molar refractivity (Wildman–Crippen MR) is 187 cm³/mol. The topological polar surface area (TPSA) is 168 Å². The number of nitrogens with two attached hydrogens (primary N) is 1. The molecule has 1 aromatic carbocycles. The zero-order valence-corrected chi connectivity index (χ0v) is 29.1. The molecule has 1 fully saturated rings. The van der Waals surface area contributed by atoms with Gasteiger partial charge >= 0.3 is 0 Å². The molecule has 3 aromatic heterocycles. The fourth-order valence-electron chi connectivity index (χ4n) is 8.26. The van der Waals surface area contributed by atoms with Crippen molar-refractivity contribution in [3.05, 3.63) is 64.2 Å². The van der Waals surface area contributed by atoms with Crippen LogP contribution in [-0.4, -0.2) is 102 Å². The first-order valence-corrected chi connectivity index (χ1v) is 17.2. The van der Waals surface area contributed by atoms with Crippen molar-refractivity contribution in [2.75, 3.05) is 46.7 Å². The number of ether oxygens (including phenoxy) is 3. The number of carbonyl (C=O) groups is 1. The number of aliphatic imine (C=N–C) groups is 1. The summed E-state index contributed by atoms with van der Waals surface area (Å²) in [5.74, 6) is 1.67. The Bertz CT molecular complexity index is 1890. The van der Waals surface area contributed by atoms with Crippen LogP contribution in [0.5, 0.6) is 5.88 Å². The lowest BCUT2D eigenvalue weighted by molar-refractivity contribution is 0.0174. The van der Waals surface area contributed by atoms with Crippen molar-refractivity contribution in [2.24, 2.45) is 4.99 Å². The molecule has 0 bridgehead atoms. The SMILES string of the molecule is C=NCc1c(N)ccc2c1C1(CCCc3c(-c4nc(OC(C)C5C(OC)CCN5C)cc(-n5ccc(C(=O)NCCOC)n5)n4)noc31)CC2. The van der Waals surface area contributed by atoms with Gasteiger partial charge in [-0.3, -0.25) is 14.7 Å². The third-order valence-electron chi connectivity index (χ3n) is 10.6. The van der Waals surface area contributed by atoms with Gasteiger partial charge in [-0.1, -0.05) is 11.2 Å². The van der Waals surface area contributed by atoms with Crippen LogP contribution >= 0.6 is 0 Å². The van der Waals surface area contributed by atoms with Crippen LogP contribution in [0.4, 0.5) is 5.69 Å². The molecule has 14 heteroatoms. The Kier molecular flexibility index (Phi) is 9.42. The minimum atomic E-state index is -0.371.